The van der Waals surface area contributed by atoms with Crippen LogP contribution in [0.1, 0.15) is 43.6 Å². The van der Waals surface area contributed by atoms with Crippen LogP contribution in [0.15, 0.2) is 30.7 Å². The molecule has 220 valence electrons. The van der Waals surface area contributed by atoms with Crippen LogP contribution in [0.3, 0.4) is 0 Å². The molecule has 0 aliphatic heterocycles. The number of aliphatic hydroxyl groups is 1. The van der Waals surface area contributed by atoms with Gasteiger partial charge in [0.05, 0.1) is 35.2 Å². The number of nitriles is 1. The maximum Gasteiger partial charge on any atom is 0.427 e. The Morgan fingerprint density at radius 2 is 1.80 bits per heavy atom. The maximum atomic E-state index is 14.2. The SMILES string of the molecule is CC(C)(O)[C@H](F)CNC(=O)c1cnc(-n2ncc3cc(C#N)cnc32)cc1NCCNC(=O)OC(C)(C)C(F)(F)F. The summed E-state index contributed by atoms with van der Waals surface area (Å²) in [6, 6.07) is 4.98. The van der Waals surface area contributed by atoms with Crippen LogP contribution in [0.25, 0.3) is 16.9 Å². The molecule has 0 aromatic carbocycles. The van der Waals surface area contributed by atoms with Gasteiger partial charge in [0.15, 0.2) is 11.5 Å². The second-order valence-electron chi connectivity index (χ2n) is 9.98. The fourth-order valence-corrected chi connectivity index (χ4v) is 3.25. The summed E-state index contributed by atoms with van der Waals surface area (Å²) < 4.78 is 58.9. The molecule has 0 aliphatic rings. The predicted octanol–water partition coefficient (Wildman–Crippen LogP) is 3.00. The summed E-state index contributed by atoms with van der Waals surface area (Å²) in [5.41, 5.74) is -3.59. The number of hydrogen-bond donors (Lipinski definition) is 4. The first-order valence-corrected chi connectivity index (χ1v) is 12.2. The third kappa shape index (κ3) is 7.57. The molecule has 1 atom stereocenters. The van der Waals surface area contributed by atoms with Gasteiger partial charge in [-0.05, 0) is 33.8 Å². The number of halogens is 4. The molecule has 4 N–H and O–H groups in total. The van der Waals surface area contributed by atoms with E-state index in [0.717, 1.165) is 0 Å². The zero-order chi connectivity index (χ0) is 30.6. The van der Waals surface area contributed by atoms with E-state index in [1.807, 2.05) is 6.07 Å². The van der Waals surface area contributed by atoms with E-state index in [0.29, 0.717) is 30.4 Å². The Morgan fingerprint density at radius 3 is 2.44 bits per heavy atom. The van der Waals surface area contributed by atoms with E-state index >= 15 is 0 Å². The number of carbonyl (C=O) groups is 2. The Hall–Kier alpha value is -4.52. The number of aromatic nitrogens is 4. The van der Waals surface area contributed by atoms with Crippen molar-refractivity contribution < 1.29 is 37.0 Å². The zero-order valence-corrected chi connectivity index (χ0v) is 22.5. The largest absolute Gasteiger partial charge is 0.434 e. The monoisotopic (exact) mass is 580 g/mol. The van der Waals surface area contributed by atoms with Crippen LogP contribution < -0.4 is 16.0 Å². The van der Waals surface area contributed by atoms with Crippen molar-refractivity contribution in [3.05, 3.63) is 41.9 Å². The smallest absolute Gasteiger partial charge is 0.427 e. The first-order valence-electron chi connectivity index (χ1n) is 12.2. The number of pyridine rings is 2. The minimum Gasteiger partial charge on any atom is -0.434 e. The molecule has 41 heavy (non-hydrogen) atoms. The number of amides is 2. The molecule has 3 aromatic heterocycles. The molecule has 3 heterocycles. The summed E-state index contributed by atoms with van der Waals surface area (Å²) in [4.78, 5) is 33.2. The molecular weight excluding hydrogens is 552 g/mol. The van der Waals surface area contributed by atoms with Crippen molar-refractivity contribution in [3.63, 3.8) is 0 Å². The number of nitrogens with zero attached hydrogens (tertiary/aromatic N) is 5. The van der Waals surface area contributed by atoms with E-state index in [1.165, 1.54) is 43.2 Å². The van der Waals surface area contributed by atoms with Gasteiger partial charge in [-0.3, -0.25) is 4.79 Å². The lowest BCUT2D eigenvalue weighted by Gasteiger charge is -2.27. The topological polar surface area (TPSA) is 167 Å². The van der Waals surface area contributed by atoms with Crippen LogP contribution >= 0.6 is 0 Å². The van der Waals surface area contributed by atoms with Crippen molar-refractivity contribution in [2.24, 2.45) is 0 Å². The Bertz CT molecular complexity index is 1460. The molecule has 3 aromatic rings. The third-order valence-electron chi connectivity index (χ3n) is 5.84. The lowest BCUT2D eigenvalue weighted by molar-refractivity contribution is -0.243. The normalized spacial score (nSPS) is 12.9. The van der Waals surface area contributed by atoms with Crippen molar-refractivity contribution >= 4 is 28.7 Å². The molecule has 0 aliphatic carbocycles. The van der Waals surface area contributed by atoms with E-state index in [1.54, 1.807) is 6.07 Å². The molecule has 0 saturated carbocycles. The second kappa shape index (κ2) is 11.9. The first-order chi connectivity index (χ1) is 19.0. The van der Waals surface area contributed by atoms with Crippen LogP contribution in [-0.2, 0) is 4.74 Å². The van der Waals surface area contributed by atoms with Crippen molar-refractivity contribution in [3.8, 4) is 11.9 Å². The summed E-state index contributed by atoms with van der Waals surface area (Å²) >= 11 is 0. The third-order valence-corrected chi connectivity index (χ3v) is 5.84. The van der Waals surface area contributed by atoms with E-state index in [-0.39, 0.29) is 30.2 Å². The van der Waals surface area contributed by atoms with Gasteiger partial charge in [0.1, 0.15) is 12.2 Å². The molecule has 0 spiro atoms. The van der Waals surface area contributed by atoms with E-state index in [2.05, 4.69) is 35.8 Å². The molecule has 2 amide bonds. The van der Waals surface area contributed by atoms with Gasteiger partial charge >= 0.3 is 12.3 Å². The lowest BCUT2D eigenvalue weighted by Crippen LogP contribution is -2.46. The van der Waals surface area contributed by atoms with Crippen LogP contribution in [-0.4, -0.2) is 80.0 Å². The number of hydrogen-bond acceptors (Lipinski definition) is 9. The molecular formula is C25H28F4N8O4. The van der Waals surface area contributed by atoms with Crippen molar-refractivity contribution in [1.82, 2.24) is 30.4 Å². The van der Waals surface area contributed by atoms with E-state index in [9.17, 15) is 32.3 Å². The van der Waals surface area contributed by atoms with Gasteiger partial charge in [0, 0.05) is 36.9 Å². The van der Waals surface area contributed by atoms with Gasteiger partial charge in [-0.1, -0.05) is 0 Å². The fraction of sp³-hybridized carbons (Fsp3) is 0.440. The lowest BCUT2D eigenvalue weighted by atomic mass is 10.0. The number of carbonyl (C=O) groups excluding carboxylic acids is 2. The summed E-state index contributed by atoms with van der Waals surface area (Å²) in [6.07, 6.45) is -3.84. The standard InChI is InChI=1S/C25H28F4N8O4/c1-23(2,40)18(26)13-35-21(38)16-12-33-19(37-20-15(11-36-37)7-14(9-30)10-34-20)8-17(16)31-5-6-32-22(39)41-24(3,4)25(27,28)29/h7-8,10-12,18,40H,5-6,13H2,1-4H3,(H,31,33)(H,32,39)(H,35,38)/t18-/m1/s1. The highest BCUT2D eigenvalue weighted by Gasteiger charge is 2.50. The molecule has 12 nitrogen and oxygen atoms in total. The van der Waals surface area contributed by atoms with E-state index < -0.39 is 42.1 Å². The average Bonchev–Trinajstić information content (AvgIpc) is 3.31. The summed E-state index contributed by atoms with van der Waals surface area (Å²) in [7, 11) is 0. The summed E-state index contributed by atoms with van der Waals surface area (Å²) in [5, 5.41) is 31.1. The molecule has 16 heteroatoms. The van der Waals surface area contributed by atoms with Crippen molar-refractivity contribution in [2.75, 3.05) is 25.0 Å². The van der Waals surface area contributed by atoms with Gasteiger partial charge in [-0.25, -0.2) is 19.2 Å². The minimum atomic E-state index is -4.77. The second-order valence-corrected chi connectivity index (χ2v) is 9.98. The molecule has 0 unspecified atom stereocenters. The Balaban J connectivity index is 1.81. The summed E-state index contributed by atoms with van der Waals surface area (Å²) in [6.45, 7) is 3.17. The van der Waals surface area contributed by atoms with Crippen molar-refractivity contribution in [1.29, 1.82) is 5.26 Å². The molecule has 0 saturated heterocycles. The van der Waals surface area contributed by atoms with Crippen LogP contribution in [0.5, 0.6) is 0 Å². The number of alkyl halides is 4. The van der Waals surface area contributed by atoms with Crippen LogP contribution in [0, 0.1) is 11.3 Å². The Kier molecular flexibility index (Phi) is 9.02. The van der Waals surface area contributed by atoms with E-state index in [4.69, 9.17) is 5.26 Å². The first kappa shape index (κ1) is 31.0. The highest BCUT2D eigenvalue weighted by molar-refractivity contribution is 5.99. The number of rotatable bonds is 10. The maximum absolute atomic E-state index is 14.2. The number of fused-ring (bicyclic) bond motifs is 1. The molecule has 0 bridgehead atoms. The van der Waals surface area contributed by atoms with Gasteiger partial charge in [0.2, 0.25) is 5.60 Å². The Labute approximate surface area is 231 Å². The van der Waals surface area contributed by atoms with Crippen LogP contribution in [0.4, 0.5) is 28.0 Å². The summed E-state index contributed by atoms with van der Waals surface area (Å²) in [5.74, 6) is -0.532. The zero-order valence-electron chi connectivity index (χ0n) is 22.5. The predicted molar refractivity (Wildman–Crippen MR) is 138 cm³/mol. The minimum absolute atomic E-state index is 0.0336. The van der Waals surface area contributed by atoms with Crippen LogP contribution in [0.2, 0.25) is 0 Å². The Morgan fingerprint density at radius 1 is 1.10 bits per heavy atom. The van der Waals surface area contributed by atoms with Gasteiger partial charge in [0.25, 0.3) is 5.91 Å². The number of ether oxygens (including phenoxy) is 1. The molecule has 0 fully saturated rings. The average molecular weight is 581 g/mol. The van der Waals surface area contributed by atoms with Crippen molar-refractivity contribution in [2.45, 2.75) is 51.2 Å². The number of nitrogens with one attached hydrogen (secondary N) is 3. The number of anilines is 1. The van der Waals surface area contributed by atoms with Gasteiger partial charge in [-0.15, -0.1) is 0 Å². The molecule has 3 rings (SSSR count). The quantitative estimate of drug-likeness (QED) is 0.208. The molecule has 0 radical (unpaired) electrons. The fourth-order valence-electron chi connectivity index (χ4n) is 3.25. The van der Waals surface area contributed by atoms with Gasteiger partial charge < -0.3 is 25.8 Å². The number of alkyl carbamates (subject to hydrolysis) is 1. The highest BCUT2D eigenvalue weighted by atomic mass is 19.4. The van der Waals surface area contributed by atoms with Gasteiger partial charge in [-0.2, -0.15) is 28.2 Å². The highest BCUT2D eigenvalue weighted by Crippen LogP contribution is 2.32.